The van der Waals surface area contributed by atoms with Crippen LogP contribution in [0.1, 0.15) is 5.56 Å². The lowest BCUT2D eigenvalue weighted by atomic mass is 10.0. The summed E-state index contributed by atoms with van der Waals surface area (Å²) in [5.74, 6) is 0. The maximum absolute atomic E-state index is 4.47. The lowest BCUT2D eigenvalue weighted by Gasteiger charge is -2.19. The van der Waals surface area contributed by atoms with E-state index in [2.05, 4.69) is 33.6 Å². The SMILES string of the molecule is C=Cc1c2c(c3cccnc3c1N=C)N=CCN2. The van der Waals surface area contributed by atoms with E-state index in [9.17, 15) is 0 Å². The molecule has 1 aromatic heterocycles. The van der Waals surface area contributed by atoms with Crippen molar-refractivity contribution in [2.75, 3.05) is 11.9 Å². The number of fused-ring (bicyclic) bond motifs is 3. The highest BCUT2D eigenvalue weighted by Crippen LogP contribution is 2.44. The number of benzene rings is 1. The Morgan fingerprint density at radius 1 is 1.44 bits per heavy atom. The van der Waals surface area contributed by atoms with Crippen LogP contribution in [0.4, 0.5) is 17.1 Å². The predicted octanol–water partition coefficient (Wildman–Crippen LogP) is 3.34. The molecule has 3 rings (SSSR count). The van der Waals surface area contributed by atoms with Gasteiger partial charge in [-0.25, -0.2) is 0 Å². The largest absolute Gasteiger partial charge is 0.378 e. The van der Waals surface area contributed by atoms with Gasteiger partial charge in [0, 0.05) is 23.4 Å². The first-order chi connectivity index (χ1) is 8.86. The lowest BCUT2D eigenvalue weighted by molar-refractivity contribution is 1.32. The van der Waals surface area contributed by atoms with Crippen LogP contribution < -0.4 is 5.32 Å². The maximum Gasteiger partial charge on any atom is 0.0987 e. The van der Waals surface area contributed by atoms with E-state index in [1.165, 1.54) is 0 Å². The van der Waals surface area contributed by atoms with Crippen LogP contribution in [0.3, 0.4) is 0 Å². The van der Waals surface area contributed by atoms with Gasteiger partial charge >= 0.3 is 0 Å². The minimum absolute atomic E-state index is 0.705. The van der Waals surface area contributed by atoms with E-state index in [0.717, 1.165) is 33.5 Å². The number of aromatic nitrogens is 1. The molecule has 0 aliphatic carbocycles. The molecule has 4 nitrogen and oxygen atoms in total. The summed E-state index contributed by atoms with van der Waals surface area (Å²) in [6, 6.07) is 3.89. The fraction of sp³-hybridized carbons (Fsp3) is 0.0714. The molecule has 0 radical (unpaired) electrons. The summed E-state index contributed by atoms with van der Waals surface area (Å²) in [4.78, 5) is 13.0. The van der Waals surface area contributed by atoms with Crippen molar-refractivity contribution in [3.63, 3.8) is 0 Å². The summed E-state index contributed by atoms with van der Waals surface area (Å²) >= 11 is 0. The third-order valence-corrected chi connectivity index (χ3v) is 3.00. The summed E-state index contributed by atoms with van der Waals surface area (Å²) < 4.78 is 0. The summed E-state index contributed by atoms with van der Waals surface area (Å²) in [5.41, 5.74) is 4.32. The van der Waals surface area contributed by atoms with Crippen LogP contribution >= 0.6 is 0 Å². The normalized spacial score (nSPS) is 12.9. The number of rotatable bonds is 2. The number of hydrogen-bond acceptors (Lipinski definition) is 4. The molecule has 1 aliphatic heterocycles. The zero-order valence-electron chi connectivity index (χ0n) is 9.85. The molecular weight excluding hydrogens is 224 g/mol. The molecule has 1 aromatic carbocycles. The summed E-state index contributed by atoms with van der Waals surface area (Å²) in [5, 5.41) is 4.29. The summed E-state index contributed by atoms with van der Waals surface area (Å²) in [6.07, 6.45) is 5.36. The van der Waals surface area contributed by atoms with E-state index in [4.69, 9.17) is 0 Å². The second-order valence-corrected chi connectivity index (χ2v) is 3.94. The minimum Gasteiger partial charge on any atom is -0.378 e. The highest BCUT2D eigenvalue weighted by atomic mass is 15.0. The number of pyridine rings is 1. The molecule has 0 bridgehead atoms. The number of aliphatic imine (C=N–C) groups is 2. The van der Waals surface area contributed by atoms with Crippen LogP contribution in [0.5, 0.6) is 0 Å². The molecular formula is C14H12N4. The Hall–Kier alpha value is -2.49. The van der Waals surface area contributed by atoms with Crippen molar-refractivity contribution < 1.29 is 0 Å². The second kappa shape index (κ2) is 4.07. The standard InChI is InChI=1S/C14H12N4/c1-3-9-11(15-2)13-10(5-4-6-16-13)14-12(9)17-7-8-18-14/h3-6,8,17H,1-2,7H2. The van der Waals surface area contributed by atoms with E-state index >= 15 is 0 Å². The first-order valence-corrected chi connectivity index (χ1v) is 5.67. The van der Waals surface area contributed by atoms with E-state index in [1.54, 1.807) is 12.3 Å². The molecule has 0 spiro atoms. The van der Waals surface area contributed by atoms with Crippen molar-refractivity contribution in [1.29, 1.82) is 0 Å². The van der Waals surface area contributed by atoms with E-state index in [-0.39, 0.29) is 0 Å². The van der Waals surface area contributed by atoms with Gasteiger partial charge in [-0.3, -0.25) is 15.0 Å². The molecule has 0 saturated carbocycles. The van der Waals surface area contributed by atoms with E-state index in [1.807, 2.05) is 18.3 Å². The van der Waals surface area contributed by atoms with Crippen LogP contribution in [0.25, 0.3) is 17.0 Å². The third kappa shape index (κ3) is 1.35. The quantitative estimate of drug-likeness (QED) is 0.813. The average molecular weight is 236 g/mol. The third-order valence-electron chi connectivity index (χ3n) is 3.00. The number of anilines is 1. The van der Waals surface area contributed by atoms with Gasteiger partial charge in [0.1, 0.15) is 0 Å². The van der Waals surface area contributed by atoms with Crippen molar-refractivity contribution in [1.82, 2.24) is 4.98 Å². The molecule has 1 aliphatic rings. The molecule has 18 heavy (non-hydrogen) atoms. The van der Waals surface area contributed by atoms with Gasteiger partial charge in [0.25, 0.3) is 0 Å². The van der Waals surface area contributed by atoms with Crippen LogP contribution in [0.15, 0.2) is 34.9 Å². The smallest absolute Gasteiger partial charge is 0.0987 e. The van der Waals surface area contributed by atoms with Crippen LogP contribution in [0.2, 0.25) is 0 Å². The Morgan fingerprint density at radius 2 is 2.33 bits per heavy atom. The monoisotopic (exact) mass is 236 g/mol. The molecule has 2 heterocycles. The van der Waals surface area contributed by atoms with Crippen molar-refractivity contribution in [2.24, 2.45) is 9.98 Å². The molecule has 0 fully saturated rings. The molecule has 1 N–H and O–H groups in total. The molecule has 4 heteroatoms. The highest BCUT2D eigenvalue weighted by molar-refractivity contribution is 6.09. The van der Waals surface area contributed by atoms with Crippen molar-refractivity contribution >= 4 is 47.0 Å². The minimum atomic E-state index is 0.705. The van der Waals surface area contributed by atoms with Crippen LogP contribution in [-0.2, 0) is 0 Å². The number of nitrogens with one attached hydrogen (secondary N) is 1. The Kier molecular flexibility index (Phi) is 2.41. The van der Waals surface area contributed by atoms with Gasteiger partial charge in [-0.05, 0) is 18.9 Å². The molecule has 88 valence electrons. The maximum atomic E-state index is 4.47. The first kappa shape index (κ1) is 10.7. The molecule has 0 unspecified atom stereocenters. The highest BCUT2D eigenvalue weighted by Gasteiger charge is 2.18. The molecule has 0 saturated heterocycles. The predicted molar refractivity (Wildman–Crippen MR) is 77.7 cm³/mol. The van der Waals surface area contributed by atoms with E-state index < -0.39 is 0 Å². The zero-order chi connectivity index (χ0) is 12.5. The topological polar surface area (TPSA) is 49.6 Å². The number of nitrogens with zero attached hydrogens (tertiary/aromatic N) is 3. The van der Waals surface area contributed by atoms with Gasteiger partial charge in [-0.2, -0.15) is 0 Å². The van der Waals surface area contributed by atoms with E-state index in [0.29, 0.717) is 6.54 Å². The summed E-state index contributed by atoms with van der Waals surface area (Å²) in [7, 11) is 0. The van der Waals surface area contributed by atoms with Gasteiger partial charge in [0.15, 0.2) is 0 Å². The Bertz CT molecular complexity index is 686. The molecule has 0 atom stereocenters. The molecule has 0 amide bonds. The van der Waals surface area contributed by atoms with Crippen LogP contribution in [-0.4, -0.2) is 24.5 Å². The van der Waals surface area contributed by atoms with Gasteiger partial charge in [-0.15, -0.1) is 0 Å². The van der Waals surface area contributed by atoms with Crippen molar-refractivity contribution in [2.45, 2.75) is 0 Å². The number of hydrogen-bond donors (Lipinski definition) is 1. The summed E-state index contributed by atoms with van der Waals surface area (Å²) in [6.45, 7) is 8.19. The first-order valence-electron chi connectivity index (χ1n) is 5.67. The fourth-order valence-electron chi connectivity index (χ4n) is 2.25. The zero-order valence-corrected chi connectivity index (χ0v) is 9.85. The molecule has 2 aromatic rings. The van der Waals surface area contributed by atoms with Crippen LogP contribution in [0, 0.1) is 0 Å². The Labute approximate surface area is 105 Å². The van der Waals surface area contributed by atoms with Gasteiger partial charge in [-0.1, -0.05) is 12.7 Å². The van der Waals surface area contributed by atoms with Gasteiger partial charge in [0.2, 0.25) is 0 Å². The lowest BCUT2D eigenvalue weighted by Crippen LogP contribution is -2.08. The van der Waals surface area contributed by atoms with Gasteiger partial charge in [0.05, 0.1) is 29.1 Å². The van der Waals surface area contributed by atoms with Gasteiger partial charge < -0.3 is 5.32 Å². The second-order valence-electron chi connectivity index (χ2n) is 3.94. The average Bonchev–Trinajstić information content (AvgIpc) is 2.45. The fourth-order valence-corrected chi connectivity index (χ4v) is 2.25. The Morgan fingerprint density at radius 3 is 3.11 bits per heavy atom. The van der Waals surface area contributed by atoms with Crippen molar-refractivity contribution in [3.05, 3.63) is 30.5 Å². The van der Waals surface area contributed by atoms with Crippen molar-refractivity contribution in [3.8, 4) is 0 Å². The Balaban J connectivity index is 2.55.